The molecule has 2 fully saturated rings. The Kier molecular flexibility index (Phi) is 6.33. The van der Waals surface area contributed by atoms with E-state index in [1.165, 1.54) is 17.4 Å². The lowest BCUT2D eigenvalue weighted by atomic mass is 10.2. The predicted octanol–water partition coefficient (Wildman–Crippen LogP) is 2.57. The van der Waals surface area contributed by atoms with Crippen molar-refractivity contribution >= 4 is 51.9 Å². The van der Waals surface area contributed by atoms with E-state index in [-0.39, 0.29) is 11.9 Å². The molecule has 2 saturated heterocycles. The smallest absolute Gasteiger partial charge is 0.414 e. The highest BCUT2D eigenvalue weighted by Gasteiger charge is 2.33. The third-order valence-corrected chi connectivity index (χ3v) is 5.85. The molecule has 0 aliphatic carbocycles. The molecule has 31 heavy (non-hydrogen) atoms. The van der Waals surface area contributed by atoms with Crippen molar-refractivity contribution in [3.05, 3.63) is 42.4 Å². The molecule has 0 radical (unpaired) electrons. The molecule has 2 aromatic rings. The summed E-state index contributed by atoms with van der Waals surface area (Å²) in [5, 5.41) is 2.99. The molecule has 0 unspecified atom stereocenters. The zero-order chi connectivity index (χ0) is 22.0. The molecule has 8 nitrogen and oxygen atoms in total. The summed E-state index contributed by atoms with van der Waals surface area (Å²) in [6.07, 6.45) is 2.11. The van der Waals surface area contributed by atoms with E-state index >= 15 is 0 Å². The second-order valence-corrected chi connectivity index (χ2v) is 8.33. The van der Waals surface area contributed by atoms with Crippen LogP contribution in [0.1, 0.15) is 12.7 Å². The van der Waals surface area contributed by atoms with Gasteiger partial charge in [-0.15, -0.1) is 0 Å². The van der Waals surface area contributed by atoms with Crippen LogP contribution in [0.5, 0.6) is 0 Å². The van der Waals surface area contributed by atoms with Crippen LogP contribution in [0.2, 0.25) is 0 Å². The number of amides is 1. The first-order chi connectivity index (χ1) is 14.9. The Morgan fingerprint density at radius 3 is 2.71 bits per heavy atom. The van der Waals surface area contributed by atoms with Gasteiger partial charge in [-0.2, -0.15) is 0 Å². The van der Waals surface area contributed by atoms with Crippen LogP contribution in [-0.2, 0) is 4.74 Å². The summed E-state index contributed by atoms with van der Waals surface area (Å²) in [6, 6.07) is 4.82. The number of carbonyl (C=O) groups excluding carboxylic acids is 1. The molecule has 4 rings (SSSR count). The number of nitrogens with one attached hydrogen (secondary N) is 1. The minimum Gasteiger partial charge on any atom is -0.442 e. The van der Waals surface area contributed by atoms with Gasteiger partial charge in [0.05, 0.1) is 35.6 Å². The van der Waals surface area contributed by atoms with Crippen molar-refractivity contribution < 1.29 is 18.3 Å². The molecule has 1 atom stereocenters. The molecule has 0 spiro atoms. The highest BCUT2D eigenvalue weighted by atomic mass is 32.1. The molecule has 1 N–H and O–H groups in total. The Balaban J connectivity index is 1.38. The largest absolute Gasteiger partial charge is 0.442 e. The van der Waals surface area contributed by atoms with Crippen LogP contribution >= 0.6 is 24.4 Å². The number of hydrogen-bond donors (Lipinski definition) is 1. The maximum Gasteiger partial charge on any atom is 0.414 e. The molecule has 0 saturated carbocycles. The van der Waals surface area contributed by atoms with Crippen LogP contribution in [0.4, 0.5) is 20.6 Å². The van der Waals surface area contributed by atoms with Crippen LogP contribution in [0.25, 0.3) is 0 Å². The summed E-state index contributed by atoms with van der Waals surface area (Å²) in [6.45, 7) is 5.05. The molecule has 2 aliphatic rings. The van der Waals surface area contributed by atoms with Crippen LogP contribution < -0.4 is 15.1 Å². The van der Waals surface area contributed by atoms with Crippen molar-refractivity contribution in [1.29, 1.82) is 0 Å². The van der Waals surface area contributed by atoms with E-state index in [1.54, 1.807) is 25.3 Å². The summed E-state index contributed by atoms with van der Waals surface area (Å²) in [5.41, 5.74) is 0.967. The minimum atomic E-state index is -0.490. The van der Waals surface area contributed by atoms with Gasteiger partial charge in [0.1, 0.15) is 16.9 Å². The van der Waals surface area contributed by atoms with Crippen LogP contribution in [0, 0.1) is 5.82 Å². The molecule has 3 heterocycles. The number of ether oxygens (including phenoxy) is 1. The fourth-order valence-electron chi connectivity index (χ4n) is 3.64. The number of nitrogens with zero attached hydrogens (tertiary/aromatic N) is 4. The van der Waals surface area contributed by atoms with Gasteiger partial charge in [0.25, 0.3) is 0 Å². The second-order valence-electron chi connectivity index (χ2n) is 7.33. The second kappa shape index (κ2) is 9.15. The molecular formula is C20H22FN5O3S2. The molecule has 1 aromatic heterocycles. The lowest BCUT2D eigenvalue weighted by Gasteiger charge is -2.37. The van der Waals surface area contributed by atoms with E-state index in [0.29, 0.717) is 66.4 Å². The molecular weight excluding hydrogens is 441 g/mol. The standard InChI is InChI=1S/C20H22FN5O3S2/c1-13(30)23-9-15-11-26(20(27)29-15)14-2-3-17(16(21)8-14)24-4-6-25(7-5-24)19(31)18-10-22-12-28-18/h2-3,8,10,12,15H,4-7,9,11H2,1H3,(H,23,30)/t15-/m0/s1. The number of halogens is 1. The summed E-state index contributed by atoms with van der Waals surface area (Å²) < 4.78 is 25.5. The molecule has 11 heteroatoms. The number of aromatic nitrogens is 1. The van der Waals surface area contributed by atoms with Crippen molar-refractivity contribution in [2.45, 2.75) is 13.0 Å². The molecule has 2 aliphatic heterocycles. The van der Waals surface area contributed by atoms with Gasteiger partial charge in [-0.25, -0.2) is 14.2 Å². The van der Waals surface area contributed by atoms with Gasteiger partial charge in [0, 0.05) is 26.2 Å². The topological polar surface area (TPSA) is 74.1 Å². The Morgan fingerprint density at radius 1 is 1.29 bits per heavy atom. The average molecular weight is 464 g/mol. The van der Waals surface area contributed by atoms with Crippen LogP contribution in [0.15, 0.2) is 35.2 Å². The quantitative estimate of drug-likeness (QED) is 0.674. The van der Waals surface area contributed by atoms with Gasteiger partial charge in [-0.3, -0.25) is 4.90 Å². The normalized spacial score (nSPS) is 18.8. The first-order valence-electron chi connectivity index (χ1n) is 9.87. The zero-order valence-corrected chi connectivity index (χ0v) is 18.5. The fraction of sp³-hybridized carbons (Fsp3) is 0.400. The molecule has 164 valence electrons. The number of oxazole rings is 1. The van der Waals surface area contributed by atoms with Gasteiger partial charge < -0.3 is 24.3 Å². The third-order valence-electron chi connectivity index (χ3n) is 5.25. The Bertz CT molecular complexity index is 979. The first kappa shape index (κ1) is 21.4. The SMILES string of the molecule is CC(=S)NC[C@H]1CN(c2ccc(N3CCN(C(=S)c4cnco4)CC3)c(F)c2)C(=O)O1. The van der Waals surface area contributed by atoms with E-state index in [9.17, 15) is 9.18 Å². The van der Waals surface area contributed by atoms with E-state index in [1.807, 2.05) is 9.80 Å². The minimum absolute atomic E-state index is 0.338. The summed E-state index contributed by atoms with van der Waals surface area (Å²) in [4.78, 5) is 22.8. The van der Waals surface area contributed by atoms with Gasteiger partial charge in [-0.05, 0) is 25.1 Å². The van der Waals surface area contributed by atoms with E-state index in [2.05, 4.69) is 10.3 Å². The maximum absolute atomic E-state index is 14.9. The van der Waals surface area contributed by atoms with E-state index < -0.39 is 6.09 Å². The van der Waals surface area contributed by atoms with E-state index in [4.69, 9.17) is 33.6 Å². The van der Waals surface area contributed by atoms with Crippen LogP contribution in [-0.4, -0.2) is 71.3 Å². The monoisotopic (exact) mass is 463 g/mol. The fourth-order valence-corrected chi connectivity index (χ4v) is 4.01. The lowest BCUT2D eigenvalue weighted by molar-refractivity contribution is 0.143. The van der Waals surface area contributed by atoms with Gasteiger partial charge in [-0.1, -0.05) is 24.4 Å². The Labute approximate surface area is 189 Å². The number of anilines is 2. The Hall–Kier alpha value is -2.79. The number of benzene rings is 1. The van der Waals surface area contributed by atoms with Crippen molar-refractivity contribution in [3.8, 4) is 0 Å². The molecule has 0 bridgehead atoms. The number of thiocarbonyl (C=S) groups is 2. The lowest BCUT2D eigenvalue weighted by Crippen LogP contribution is -2.48. The number of rotatable bonds is 5. The number of cyclic esters (lactones) is 1. The van der Waals surface area contributed by atoms with Crippen molar-refractivity contribution in [3.63, 3.8) is 0 Å². The predicted molar refractivity (Wildman–Crippen MR) is 122 cm³/mol. The van der Waals surface area contributed by atoms with Crippen molar-refractivity contribution in [1.82, 2.24) is 15.2 Å². The average Bonchev–Trinajstić information content (AvgIpc) is 3.42. The number of hydrogen-bond acceptors (Lipinski definition) is 7. The van der Waals surface area contributed by atoms with Crippen molar-refractivity contribution in [2.24, 2.45) is 0 Å². The molecule has 1 aromatic carbocycles. The first-order valence-corrected chi connectivity index (χ1v) is 10.7. The summed E-state index contributed by atoms with van der Waals surface area (Å²) in [7, 11) is 0. The number of piperazine rings is 1. The zero-order valence-electron chi connectivity index (χ0n) is 16.9. The van der Waals surface area contributed by atoms with E-state index in [0.717, 1.165) is 0 Å². The van der Waals surface area contributed by atoms with Gasteiger partial charge in [0.2, 0.25) is 0 Å². The number of carbonyl (C=O) groups is 1. The Morgan fingerprint density at radius 2 is 2.06 bits per heavy atom. The van der Waals surface area contributed by atoms with Crippen molar-refractivity contribution in [2.75, 3.05) is 49.1 Å². The highest BCUT2D eigenvalue weighted by molar-refractivity contribution is 7.80. The summed E-state index contributed by atoms with van der Waals surface area (Å²) >= 11 is 10.4. The maximum atomic E-state index is 14.9. The van der Waals surface area contributed by atoms with Crippen LogP contribution in [0.3, 0.4) is 0 Å². The highest BCUT2D eigenvalue weighted by Crippen LogP contribution is 2.28. The third kappa shape index (κ3) is 4.77. The summed E-state index contributed by atoms with van der Waals surface area (Å²) in [5.74, 6) is 0.179. The van der Waals surface area contributed by atoms with Gasteiger partial charge in [0.15, 0.2) is 12.2 Å². The molecule has 1 amide bonds. The van der Waals surface area contributed by atoms with Gasteiger partial charge >= 0.3 is 6.09 Å².